The molecule has 1 aromatic carbocycles. The van der Waals surface area contributed by atoms with E-state index in [0.29, 0.717) is 11.5 Å². The van der Waals surface area contributed by atoms with Crippen LogP contribution in [-0.2, 0) is 6.42 Å². The highest BCUT2D eigenvalue weighted by molar-refractivity contribution is 14.1. The van der Waals surface area contributed by atoms with Crippen LogP contribution in [0.4, 0.5) is 0 Å². The number of hydrogen-bond donors (Lipinski definition) is 1. The van der Waals surface area contributed by atoms with Crippen molar-refractivity contribution in [1.29, 1.82) is 0 Å². The van der Waals surface area contributed by atoms with Gasteiger partial charge in [0.25, 0.3) is 0 Å². The predicted octanol–water partition coefficient (Wildman–Crippen LogP) is 4.64. The smallest absolute Gasteiger partial charge is 0.0130 e. The van der Waals surface area contributed by atoms with Gasteiger partial charge >= 0.3 is 0 Å². The Labute approximate surface area is 126 Å². The molecule has 0 aliphatic rings. The average Bonchev–Trinajstić information content (AvgIpc) is 2.37. The summed E-state index contributed by atoms with van der Waals surface area (Å²) >= 11 is 2.37. The Morgan fingerprint density at radius 1 is 1.11 bits per heavy atom. The fourth-order valence-corrected chi connectivity index (χ4v) is 2.63. The van der Waals surface area contributed by atoms with Gasteiger partial charge in [-0.15, -0.1) is 0 Å². The molecule has 0 aromatic heterocycles. The summed E-state index contributed by atoms with van der Waals surface area (Å²) in [6, 6.07) is 9.54. The molecule has 0 fully saturated rings. The molecule has 1 nitrogen and oxygen atoms in total. The molecule has 1 N–H and O–H groups in total. The molecule has 0 bridgehead atoms. The van der Waals surface area contributed by atoms with Gasteiger partial charge in [0.2, 0.25) is 0 Å². The number of halogens is 1. The lowest BCUT2D eigenvalue weighted by molar-refractivity contribution is 0.239. The van der Waals surface area contributed by atoms with E-state index in [0.717, 1.165) is 6.54 Å². The largest absolute Gasteiger partial charge is 0.314 e. The molecule has 18 heavy (non-hydrogen) atoms. The molecule has 0 saturated carbocycles. The SMILES string of the molecule is CCC(CC)(CNC(C)C)Cc1ccc(I)cc1. The van der Waals surface area contributed by atoms with Gasteiger partial charge in [-0.05, 0) is 65.0 Å². The number of hydrogen-bond acceptors (Lipinski definition) is 1. The third-order valence-corrected chi connectivity index (χ3v) is 4.60. The molecule has 102 valence electrons. The predicted molar refractivity (Wildman–Crippen MR) is 89.0 cm³/mol. The van der Waals surface area contributed by atoms with Crippen LogP contribution in [0.15, 0.2) is 24.3 Å². The molecule has 1 aromatic rings. The summed E-state index contributed by atoms with van der Waals surface area (Å²) in [6.07, 6.45) is 3.64. The molecule has 0 aliphatic carbocycles. The monoisotopic (exact) mass is 359 g/mol. The van der Waals surface area contributed by atoms with Gasteiger partial charge in [0.05, 0.1) is 0 Å². The highest BCUT2D eigenvalue weighted by Gasteiger charge is 2.26. The van der Waals surface area contributed by atoms with Crippen molar-refractivity contribution in [3.63, 3.8) is 0 Å². The van der Waals surface area contributed by atoms with E-state index in [9.17, 15) is 0 Å². The number of benzene rings is 1. The minimum Gasteiger partial charge on any atom is -0.314 e. The molecule has 2 heteroatoms. The van der Waals surface area contributed by atoms with Crippen molar-refractivity contribution in [2.45, 2.75) is 53.0 Å². The first-order valence-corrected chi connectivity index (χ1v) is 8.07. The summed E-state index contributed by atoms with van der Waals surface area (Å²) in [7, 11) is 0. The van der Waals surface area contributed by atoms with Gasteiger partial charge in [-0.2, -0.15) is 0 Å². The van der Waals surface area contributed by atoms with Crippen LogP contribution in [0, 0.1) is 8.99 Å². The second kappa shape index (κ2) is 7.49. The molecule has 0 saturated heterocycles. The highest BCUT2D eigenvalue weighted by Crippen LogP contribution is 2.30. The van der Waals surface area contributed by atoms with Gasteiger partial charge in [0.1, 0.15) is 0 Å². The van der Waals surface area contributed by atoms with Crippen molar-refractivity contribution < 1.29 is 0 Å². The minimum absolute atomic E-state index is 0.400. The van der Waals surface area contributed by atoms with Gasteiger partial charge in [0, 0.05) is 16.2 Å². The summed E-state index contributed by atoms with van der Waals surface area (Å²) in [6.45, 7) is 10.2. The van der Waals surface area contributed by atoms with E-state index in [1.807, 2.05) is 0 Å². The first-order valence-electron chi connectivity index (χ1n) is 6.99. The summed E-state index contributed by atoms with van der Waals surface area (Å²) in [4.78, 5) is 0. The van der Waals surface area contributed by atoms with Crippen LogP contribution in [0.3, 0.4) is 0 Å². The van der Waals surface area contributed by atoms with Crippen molar-refractivity contribution in [2.24, 2.45) is 5.41 Å². The standard InChI is InChI=1S/C16H26IN/c1-5-16(6-2,12-18-13(3)4)11-14-7-9-15(17)10-8-14/h7-10,13,18H,5-6,11-12H2,1-4H3. The topological polar surface area (TPSA) is 12.0 Å². The normalized spacial score (nSPS) is 12.1. The van der Waals surface area contributed by atoms with E-state index in [1.54, 1.807) is 0 Å². The van der Waals surface area contributed by atoms with Crippen LogP contribution in [0.5, 0.6) is 0 Å². The van der Waals surface area contributed by atoms with Crippen LogP contribution in [0.2, 0.25) is 0 Å². The summed E-state index contributed by atoms with van der Waals surface area (Å²) in [5, 5.41) is 3.62. The van der Waals surface area contributed by atoms with Gasteiger partial charge < -0.3 is 5.32 Å². The summed E-state index contributed by atoms with van der Waals surface area (Å²) in [5.74, 6) is 0. The van der Waals surface area contributed by atoms with Crippen LogP contribution >= 0.6 is 22.6 Å². The Hall–Kier alpha value is -0.0900. The zero-order valence-corrected chi connectivity index (χ0v) is 14.3. The Balaban J connectivity index is 2.74. The Morgan fingerprint density at radius 2 is 1.67 bits per heavy atom. The number of rotatable bonds is 7. The Kier molecular flexibility index (Phi) is 6.64. The molecule has 0 heterocycles. The van der Waals surface area contributed by atoms with Gasteiger partial charge in [-0.1, -0.05) is 39.8 Å². The second-order valence-electron chi connectivity index (χ2n) is 5.55. The maximum Gasteiger partial charge on any atom is 0.0130 e. The zero-order valence-electron chi connectivity index (χ0n) is 12.1. The van der Waals surface area contributed by atoms with Crippen molar-refractivity contribution in [3.05, 3.63) is 33.4 Å². The highest BCUT2D eigenvalue weighted by atomic mass is 127. The Bertz CT molecular complexity index is 339. The quantitative estimate of drug-likeness (QED) is 0.700. The third kappa shape index (κ3) is 4.88. The van der Waals surface area contributed by atoms with Crippen molar-refractivity contribution in [2.75, 3.05) is 6.54 Å². The van der Waals surface area contributed by atoms with Crippen LogP contribution in [-0.4, -0.2) is 12.6 Å². The average molecular weight is 359 g/mol. The van der Waals surface area contributed by atoms with Crippen LogP contribution in [0.25, 0.3) is 0 Å². The lowest BCUT2D eigenvalue weighted by atomic mass is 9.76. The first-order chi connectivity index (χ1) is 8.51. The molecular weight excluding hydrogens is 333 g/mol. The van der Waals surface area contributed by atoms with E-state index in [4.69, 9.17) is 0 Å². The van der Waals surface area contributed by atoms with E-state index in [-0.39, 0.29) is 0 Å². The van der Waals surface area contributed by atoms with Crippen molar-refractivity contribution >= 4 is 22.6 Å². The van der Waals surface area contributed by atoms with E-state index in [1.165, 1.54) is 28.4 Å². The first kappa shape index (κ1) is 16.0. The molecule has 0 atom stereocenters. The van der Waals surface area contributed by atoms with Gasteiger partial charge in [-0.25, -0.2) is 0 Å². The maximum atomic E-state index is 3.62. The molecule has 0 spiro atoms. The molecule has 1 rings (SSSR count). The molecule has 0 radical (unpaired) electrons. The zero-order chi connectivity index (χ0) is 13.6. The van der Waals surface area contributed by atoms with E-state index >= 15 is 0 Å². The van der Waals surface area contributed by atoms with E-state index < -0.39 is 0 Å². The minimum atomic E-state index is 0.400. The maximum absolute atomic E-state index is 3.62. The molecule has 0 aliphatic heterocycles. The fraction of sp³-hybridized carbons (Fsp3) is 0.625. The molecular formula is C16H26IN. The fourth-order valence-electron chi connectivity index (χ4n) is 2.27. The van der Waals surface area contributed by atoms with Crippen LogP contribution in [0.1, 0.15) is 46.1 Å². The van der Waals surface area contributed by atoms with Gasteiger partial charge in [-0.3, -0.25) is 0 Å². The third-order valence-electron chi connectivity index (χ3n) is 3.88. The second-order valence-corrected chi connectivity index (χ2v) is 6.79. The summed E-state index contributed by atoms with van der Waals surface area (Å²) in [5.41, 5.74) is 1.86. The van der Waals surface area contributed by atoms with Crippen molar-refractivity contribution in [3.8, 4) is 0 Å². The Morgan fingerprint density at radius 3 is 2.11 bits per heavy atom. The van der Waals surface area contributed by atoms with E-state index in [2.05, 4.69) is 79.9 Å². The number of nitrogens with one attached hydrogen (secondary N) is 1. The molecule has 0 unspecified atom stereocenters. The van der Waals surface area contributed by atoms with Crippen molar-refractivity contribution in [1.82, 2.24) is 5.32 Å². The lowest BCUT2D eigenvalue weighted by Crippen LogP contribution is -2.38. The summed E-state index contributed by atoms with van der Waals surface area (Å²) < 4.78 is 1.32. The molecule has 0 amide bonds. The lowest BCUT2D eigenvalue weighted by Gasteiger charge is -2.33. The van der Waals surface area contributed by atoms with Gasteiger partial charge in [0.15, 0.2) is 0 Å². The van der Waals surface area contributed by atoms with Crippen LogP contribution < -0.4 is 5.32 Å².